The molecule has 0 amide bonds. The van der Waals surface area contributed by atoms with E-state index in [1.165, 1.54) is 147 Å². The zero-order valence-electron chi connectivity index (χ0n) is 37.6. The molecule has 2 nitrogen and oxygen atoms in total. The third-order valence-electron chi connectivity index (χ3n) is 15.7. The lowest BCUT2D eigenvalue weighted by Gasteiger charge is -2.34. The number of hydrogen-bond donors (Lipinski definition) is 0. The Bertz CT molecular complexity index is 4370. The van der Waals surface area contributed by atoms with E-state index in [0.717, 1.165) is 0 Å². The van der Waals surface area contributed by atoms with Crippen molar-refractivity contribution in [1.82, 2.24) is 9.13 Å². The highest BCUT2D eigenvalue weighted by molar-refractivity contribution is 7.00. The van der Waals surface area contributed by atoms with Crippen LogP contribution in [0, 0.1) is 0 Å². The summed E-state index contributed by atoms with van der Waals surface area (Å²) < 4.78 is 5.31. The highest BCUT2D eigenvalue weighted by Crippen LogP contribution is 2.48. The van der Waals surface area contributed by atoms with Crippen LogP contribution in [0.15, 0.2) is 164 Å². The molecule has 0 atom stereocenters. The molecule has 0 saturated heterocycles. The fourth-order valence-electron chi connectivity index (χ4n) is 12.7. The lowest BCUT2D eigenvalue weighted by Crippen LogP contribution is -2.59. The maximum atomic E-state index is 2.68. The van der Waals surface area contributed by atoms with Crippen molar-refractivity contribution in [3.8, 4) is 11.4 Å². The third kappa shape index (κ3) is 4.42. The number of fused-ring (bicyclic) bond motifs is 23. The Morgan fingerprint density at radius 3 is 1.42 bits per heavy atom. The van der Waals surface area contributed by atoms with E-state index < -0.39 is 0 Å². The van der Waals surface area contributed by atoms with Crippen LogP contribution in [0.2, 0.25) is 0 Å². The van der Waals surface area contributed by atoms with Gasteiger partial charge in [-0.25, -0.2) is 0 Å². The first kappa shape index (κ1) is 36.0. The van der Waals surface area contributed by atoms with Gasteiger partial charge in [0.2, 0.25) is 0 Å². The van der Waals surface area contributed by atoms with Crippen molar-refractivity contribution >= 4 is 131 Å². The molecular formula is C62H45BN2. The maximum Gasteiger partial charge on any atom is 0.252 e. The van der Waals surface area contributed by atoms with Crippen LogP contribution in [0.4, 0.5) is 0 Å². The van der Waals surface area contributed by atoms with E-state index in [1.54, 1.807) is 0 Å². The molecule has 0 radical (unpaired) electrons. The molecule has 2 aliphatic heterocycles. The minimum atomic E-state index is -0.0520. The van der Waals surface area contributed by atoms with Crippen molar-refractivity contribution in [3.63, 3.8) is 0 Å². The van der Waals surface area contributed by atoms with E-state index in [1.807, 2.05) is 0 Å². The number of rotatable bonds is 0. The quantitative estimate of drug-likeness (QED) is 0.106. The predicted molar refractivity (Wildman–Crippen MR) is 282 cm³/mol. The molecule has 2 aromatic heterocycles. The summed E-state index contributed by atoms with van der Waals surface area (Å²) in [5, 5.41) is 21.1. The van der Waals surface area contributed by atoms with Gasteiger partial charge in [-0.2, -0.15) is 0 Å². The topological polar surface area (TPSA) is 9.86 Å². The SMILES string of the molecule is CC(C)(C)c1ccc2c(c1)c1cc(C(C)(C)C)cc3c1n2-c1cccc2c1B3c1cc3c4ccccc4c4ccccc4c3c3c4cc5c6ccccc6c6ccccc6c5cc4n-2c13. The van der Waals surface area contributed by atoms with Gasteiger partial charge in [0.05, 0.1) is 16.6 Å². The van der Waals surface area contributed by atoms with Crippen LogP contribution in [-0.2, 0) is 10.8 Å². The summed E-state index contributed by atoms with van der Waals surface area (Å²) in [6.07, 6.45) is 0. The maximum absolute atomic E-state index is 2.68. The standard InChI is InChI=1S/C62H45BN2/c1-61(2,3)34-26-27-52-46(28-34)48-29-35(62(4,5)6)30-50-59(48)64(52)53-24-15-25-54-58(53)63(50)51-32-47-42-22-12-9-18-38(42)39-19-13-14-23-43(39)56(47)57-49-31-44-40-20-10-7-16-36(40)37-17-8-11-21-41(37)45(44)33-55(49)65(54)60(51)57/h7-33H,1-6H3. The largest absolute Gasteiger partial charge is 0.310 e. The predicted octanol–water partition coefficient (Wildman–Crippen LogP) is 14.5. The Morgan fingerprint density at radius 1 is 0.323 bits per heavy atom. The summed E-state index contributed by atoms with van der Waals surface area (Å²) in [7, 11) is 0. The minimum Gasteiger partial charge on any atom is -0.310 e. The van der Waals surface area contributed by atoms with E-state index in [-0.39, 0.29) is 17.5 Å². The zero-order chi connectivity index (χ0) is 43.4. The molecule has 0 bridgehead atoms. The minimum absolute atomic E-state index is 0.0231. The molecule has 0 aliphatic carbocycles. The Morgan fingerprint density at radius 2 is 0.815 bits per heavy atom. The summed E-state index contributed by atoms with van der Waals surface area (Å²) in [5.41, 5.74) is 14.7. The fourth-order valence-corrected chi connectivity index (χ4v) is 12.7. The normalized spacial score (nSPS) is 13.7. The van der Waals surface area contributed by atoms with E-state index in [9.17, 15) is 0 Å². The summed E-state index contributed by atoms with van der Waals surface area (Å²) in [6.45, 7) is 14.2. The molecule has 2 aliphatic rings. The van der Waals surface area contributed by atoms with Gasteiger partial charge in [0.15, 0.2) is 0 Å². The first-order valence-corrected chi connectivity index (χ1v) is 23.4. The highest BCUT2D eigenvalue weighted by atomic mass is 15.0. The second-order valence-electron chi connectivity index (χ2n) is 21.2. The van der Waals surface area contributed by atoms with Crippen molar-refractivity contribution in [1.29, 1.82) is 0 Å². The Kier molecular flexibility index (Phi) is 6.57. The van der Waals surface area contributed by atoms with E-state index in [4.69, 9.17) is 0 Å². The number of nitrogens with zero attached hydrogens (tertiary/aromatic N) is 2. The summed E-state index contributed by atoms with van der Waals surface area (Å²) in [5.74, 6) is 0. The van der Waals surface area contributed by atoms with Crippen LogP contribution in [0.25, 0.3) is 120 Å². The number of hydrogen-bond acceptors (Lipinski definition) is 0. The molecule has 0 N–H and O–H groups in total. The fraction of sp³-hybridized carbons (Fsp3) is 0.129. The Labute approximate surface area is 377 Å². The van der Waals surface area contributed by atoms with Crippen LogP contribution < -0.4 is 16.4 Å². The van der Waals surface area contributed by atoms with E-state index in [0.29, 0.717) is 0 Å². The molecule has 15 rings (SSSR count). The number of aromatic nitrogens is 2. The van der Waals surface area contributed by atoms with Gasteiger partial charge in [0.25, 0.3) is 6.71 Å². The monoisotopic (exact) mass is 828 g/mol. The molecule has 0 unspecified atom stereocenters. The molecule has 11 aromatic carbocycles. The second-order valence-corrected chi connectivity index (χ2v) is 21.2. The third-order valence-corrected chi connectivity index (χ3v) is 15.7. The summed E-state index contributed by atoms with van der Waals surface area (Å²) >= 11 is 0. The van der Waals surface area contributed by atoms with E-state index in [2.05, 4.69) is 214 Å². The van der Waals surface area contributed by atoms with Gasteiger partial charge in [-0.3, -0.25) is 0 Å². The lowest BCUT2D eigenvalue weighted by molar-refractivity contribution is 0.590. The molecule has 13 aromatic rings. The smallest absolute Gasteiger partial charge is 0.252 e. The molecule has 0 saturated carbocycles. The van der Waals surface area contributed by atoms with Gasteiger partial charge >= 0.3 is 0 Å². The highest BCUT2D eigenvalue weighted by Gasteiger charge is 2.42. The van der Waals surface area contributed by atoms with Crippen molar-refractivity contribution < 1.29 is 0 Å². The molecule has 306 valence electrons. The average Bonchev–Trinajstić information content (AvgIpc) is 3.84. The molecule has 65 heavy (non-hydrogen) atoms. The molecule has 0 fully saturated rings. The lowest BCUT2D eigenvalue weighted by atomic mass is 9.34. The van der Waals surface area contributed by atoms with Crippen LogP contribution in [0.1, 0.15) is 52.7 Å². The van der Waals surface area contributed by atoms with Crippen LogP contribution in [-0.4, -0.2) is 15.8 Å². The average molecular weight is 829 g/mol. The number of benzene rings is 11. The van der Waals surface area contributed by atoms with Gasteiger partial charge in [-0.1, -0.05) is 163 Å². The Hall–Kier alpha value is -7.36. The van der Waals surface area contributed by atoms with Gasteiger partial charge in [0, 0.05) is 43.8 Å². The molecule has 0 spiro atoms. The van der Waals surface area contributed by atoms with Crippen LogP contribution >= 0.6 is 0 Å². The van der Waals surface area contributed by atoms with Crippen molar-refractivity contribution in [3.05, 3.63) is 175 Å². The van der Waals surface area contributed by atoms with Gasteiger partial charge in [0.1, 0.15) is 0 Å². The summed E-state index contributed by atoms with van der Waals surface area (Å²) in [6, 6.07) is 63.6. The van der Waals surface area contributed by atoms with Crippen LogP contribution in [0.5, 0.6) is 0 Å². The molecule has 3 heteroatoms. The molecule has 4 heterocycles. The van der Waals surface area contributed by atoms with Gasteiger partial charge in [-0.05, 0) is 140 Å². The van der Waals surface area contributed by atoms with Crippen molar-refractivity contribution in [2.45, 2.75) is 52.4 Å². The Balaban J connectivity index is 1.22. The first-order chi connectivity index (χ1) is 31.5. The molecular weight excluding hydrogens is 784 g/mol. The van der Waals surface area contributed by atoms with Crippen molar-refractivity contribution in [2.75, 3.05) is 0 Å². The second kappa shape index (κ2) is 11.9. The van der Waals surface area contributed by atoms with Gasteiger partial charge < -0.3 is 9.13 Å². The summed E-state index contributed by atoms with van der Waals surface area (Å²) in [4.78, 5) is 0. The zero-order valence-corrected chi connectivity index (χ0v) is 37.6. The van der Waals surface area contributed by atoms with Crippen molar-refractivity contribution in [2.24, 2.45) is 0 Å². The first-order valence-electron chi connectivity index (χ1n) is 23.4. The van der Waals surface area contributed by atoms with Crippen LogP contribution in [0.3, 0.4) is 0 Å². The van der Waals surface area contributed by atoms with Gasteiger partial charge in [-0.15, -0.1) is 0 Å². The van der Waals surface area contributed by atoms with E-state index >= 15 is 0 Å².